The Kier molecular flexibility index (Phi) is 4.17. The summed E-state index contributed by atoms with van der Waals surface area (Å²) in [6, 6.07) is 0. The number of rotatable bonds is 5. The third-order valence-electron chi connectivity index (χ3n) is 2.48. The van der Waals surface area contributed by atoms with Crippen LogP contribution in [0.25, 0.3) is 11.5 Å². The maximum absolute atomic E-state index is 4.49. The molecule has 2 heterocycles. The minimum atomic E-state index is 0.711. The van der Waals surface area contributed by atoms with Gasteiger partial charge in [0.15, 0.2) is 5.82 Å². The Morgan fingerprint density at radius 2 is 2.24 bits per heavy atom. The van der Waals surface area contributed by atoms with E-state index in [1.165, 1.54) is 0 Å². The molecule has 90 valence electrons. The van der Waals surface area contributed by atoms with E-state index in [9.17, 15) is 0 Å². The van der Waals surface area contributed by atoms with E-state index in [1.807, 2.05) is 18.5 Å². The number of hydrogen-bond acceptors (Lipinski definition) is 5. The van der Waals surface area contributed by atoms with E-state index in [1.54, 1.807) is 16.8 Å². The maximum Gasteiger partial charge on any atom is 0.179 e. The third-order valence-corrected chi connectivity index (χ3v) is 3.07. The molecule has 0 aliphatic rings. The smallest absolute Gasteiger partial charge is 0.179 e. The van der Waals surface area contributed by atoms with Crippen LogP contribution in [-0.2, 0) is 6.54 Å². The SMILES string of the molecule is CCCNCc1cnc(-c2cscn2)nc1C. The van der Waals surface area contributed by atoms with Crippen LogP contribution < -0.4 is 5.32 Å². The molecule has 0 radical (unpaired) electrons. The first-order valence-corrected chi connectivity index (χ1v) is 6.67. The molecule has 2 rings (SSSR count). The van der Waals surface area contributed by atoms with Gasteiger partial charge in [-0.1, -0.05) is 6.92 Å². The van der Waals surface area contributed by atoms with Gasteiger partial charge in [0.1, 0.15) is 5.69 Å². The minimum Gasteiger partial charge on any atom is -0.313 e. The van der Waals surface area contributed by atoms with E-state index in [0.29, 0.717) is 5.82 Å². The zero-order chi connectivity index (χ0) is 12.1. The monoisotopic (exact) mass is 248 g/mol. The van der Waals surface area contributed by atoms with Crippen LogP contribution in [0.3, 0.4) is 0 Å². The predicted molar refractivity (Wildman–Crippen MR) is 69.9 cm³/mol. The largest absolute Gasteiger partial charge is 0.313 e. The second-order valence-corrected chi connectivity index (χ2v) is 4.57. The van der Waals surface area contributed by atoms with Crippen LogP contribution in [0.15, 0.2) is 17.1 Å². The number of aryl methyl sites for hydroxylation is 1. The number of nitrogens with zero attached hydrogens (tertiary/aromatic N) is 3. The summed E-state index contributed by atoms with van der Waals surface area (Å²) in [6.45, 7) is 6.02. The molecule has 0 aromatic carbocycles. The van der Waals surface area contributed by atoms with Gasteiger partial charge in [0, 0.05) is 29.4 Å². The molecule has 0 fully saturated rings. The van der Waals surface area contributed by atoms with E-state index in [4.69, 9.17) is 0 Å². The quantitative estimate of drug-likeness (QED) is 0.826. The summed E-state index contributed by atoms with van der Waals surface area (Å²) < 4.78 is 0. The van der Waals surface area contributed by atoms with Crippen molar-refractivity contribution >= 4 is 11.3 Å². The molecule has 5 heteroatoms. The zero-order valence-corrected chi connectivity index (χ0v) is 10.9. The average Bonchev–Trinajstić information content (AvgIpc) is 2.85. The van der Waals surface area contributed by atoms with Gasteiger partial charge in [0.2, 0.25) is 0 Å². The lowest BCUT2D eigenvalue weighted by Gasteiger charge is -2.06. The molecule has 0 saturated heterocycles. The predicted octanol–water partition coefficient (Wildman–Crippen LogP) is 2.41. The Labute approximate surface area is 105 Å². The Balaban J connectivity index is 2.12. The molecule has 0 unspecified atom stereocenters. The van der Waals surface area contributed by atoms with Crippen LogP contribution in [0.4, 0.5) is 0 Å². The molecule has 0 atom stereocenters. The lowest BCUT2D eigenvalue weighted by atomic mass is 10.2. The van der Waals surface area contributed by atoms with Crippen molar-refractivity contribution in [2.45, 2.75) is 26.8 Å². The van der Waals surface area contributed by atoms with E-state index >= 15 is 0 Å². The van der Waals surface area contributed by atoms with Gasteiger partial charge in [0.05, 0.1) is 5.51 Å². The Hall–Kier alpha value is -1.33. The van der Waals surface area contributed by atoms with Crippen molar-refractivity contribution in [3.63, 3.8) is 0 Å². The molecule has 0 aliphatic heterocycles. The third kappa shape index (κ3) is 3.08. The molecule has 0 bridgehead atoms. The Morgan fingerprint density at radius 1 is 1.35 bits per heavy atom. The summed E-state index contributed by atoms with van der Waals surface area (Å²) in [5, 5.41) is 5.31. The van der Waals surface area contributed by atoms with Crippen molar-refractivity contribution in [1.82, 2.24) is 20.3 Å². The molecular formula is C12H16N4S. The molecule has 2 aromatic rings. The zero-order valence-electron chi connectivity index (χ0n) is 10.1. The summed E-state index contributed by atoms with van der Waals surface area (Å²) in [7, 11) is 0. The second kappa shape index (κ2) is 5.84. The highest BCUT2D eigenvalue weighted by Gasteiger charge is 2.06. The first-order chi connectivity index (χ1) is 8.31. The van der Waals surface area contributed by atoms with Crippen LogP contribution in [0.2, 0.25) is 0 Å². The van der Waals surface area contributed by atoms with Crippen molar-refractivity contribution in [1.29, 1.82) is 0 Å². The molecule has 0 saturated carbocycles. The maximum atomic E-state index is 4.49. The molecule has 17 heavy (non-hydrogen) atoms. The van der Waals surface area contributed by atoms with Gasteiger partial charge >= 0.3 is 0 Å². The Bertz CT molecular complexity index is 467. The number of hydrogen-bond donors (Lipinski definition) is 1. The summed E-state index contributed by atoms with van der Waals surface area (Å²) in [6.07, 6.45) is 3.02. The van der Waals surface area contributed by atoms with Gasteiger partial charge in [-0.15, -0.1) is 11.3 Å². The summed E-state index contributed by atoms with van der Waals surface area (Å²) >= 11 is 1.56. The van der Waals surface area contributed by atoms with Crippen LogP contribution in [-0.4, -0.2) is 21.5 Å². The van der Waals surface area contributed by atoms with Crippen molar-refractivity contribution in [3.05, 3.63) is 28.3 Å². The molecule has 1 N–H and O–H groups in total. The topological polar surface area (TPSA) is 50.7 Å². The van der Waals surface area contributed by atoms with Crippen LogP contribution in [0, 0.1) is 6.92 Å². The van der Waals surface area contributed by atoms with Crippen molar-refractivity contribution in [3.8, 4) is 11.5 Å². The second-order valence-electron chi connectivity index (χ2n) is 3.85. The van der Waals surface area contributed by atoms with Crippen molar-refractivity contribution < 1.29 is 0 Å². The van der Waals surface area contributed by atoms with Crippen LogP contribution in [0.1, 0.15) is 24.6 Å². The summed E-state index contributed by atoms with van der Waals surface area (Å²) in [4.78, 5) is 13.1. The van der Waals surface area contributed by atoms with Gasteiger partial charge in [-0.3, -0.25) is 0 Å². The molecule has 0 spiro atoms. The number of nitrogens with one attached hydrogen (secondary N) is 1. The van der Waals surface area contributed by atoms with Gasteiger partial charge < -0.3 is 5.32 Å². The highest BCUT2D eigenvalue weighted by Crippen LogP contribution is 2.15. The lowest BCUT2D eigenvalue weighted by Crippen LogP contribution is -2.15. The van der Waals surface area contributed by atoms with Crippen LogP contribution >= 0.6 is 11.3 Å². The fourth-order valence-corrected chi connectivity index (χ4v) is 2.04. The lowest BCUT2D eigenvalue weighted by molar-refractivity contribution is 0.669. The van der Waals surface area contributed by atoms with E-state index in [-0.39, 0.29) is 0 Å². The standard InChI is InChI=1S/C12H16N4S/c1-3-4-13-5-10-6-14-12(16-9(10)2)11-7-17-8-15-11/h6-8,13H,3-5H2,1-2H3. The fraction of sp³-hybridized carbons (Fsp3) is 0.417. The van der Waals surface area contributed by atoms with E-state index < -0.39 is 0 Å². The molecule has 0 aliphatic carbocycles. The summed E-state index contributed by atoms with van der Waals surface area (Å²) in [5.41, 5.74) is 4.82. The highest BCUT2D eigenvalue weighted by molar-refractivity contribution is 7.07. The van der Waals surface area contributed by atoms with E-state index in [2.05, 4.69) is 27.2 Å². The fourth-order valence-electron chi connectivity index (χ4n) is 1.51. The number of thiazole rings is 1. The molecular weight excluding hydrogens is 232 g/mol. The van der Waals surface area contributed by atoms with Crippen molar-refractivity contribution in [2.24, 2.45) is 0 Å². The van der Waals surface area contributed by atoms with Crippen LogP contribution in [0.5, 0.6) is 0 Å². The van der Waals surface area contributed by atoms with Gasteiger partial charge in [-0.25, -0.2) is 15.0 Å². The molecule has 0 amide bonds. The van der Waals surface area contributed by atoms with Gasteiger partial charge in [-0.2, -0.15) is 0 Å². The normalized spacial score (nSPS) is 10.7. The number of aromatic nitrogens is 3. The summed E-state index contributed by atoms with van der Waals surface area (Å²) in [5.74, 6) is 0.711. The first-order valence-electron chi connectivity index (χ1n) is 5.73. The van der Waals surface area contributed by atoms with Crippen molar-refractivity contribution in [2.75, 3.05) is 6.54 Å². The molecule has 4 nitrogen and oxygen atoms in total. The molecule has 2 aromatic heterocycles. The van der Waals surface area contributed by atoms with Gasteiger partial charge in [-0.05, 0) is 19.9 Å². The Morgan fingerprint density at radius 3 is 2.88 bits per heavy atom. The average molecular weight is 248 g/mol. The van der Waals surface area contributed by atoms with E-state index in [0.717, 1.165) is 36.5 Å². The van der Waals surface area contributed by atoms with Gasteiger partial charge in [0.25, 0.3) is 0 Å². The first kappa shape index (κ1) is 12.1. The highest BCUT2D eigenvalue weighted by atomic mass is 32.1. The minimum absolute atomic E-state index is 0.711.